The predicted octanol–water partition coefficient (Wildman–Crippen LogP) is 1.63. The van der Waals surface area contributed by atoms with Crippen molar-refractivity contribution in [2.75, 3.05) is 0 Å². The minimum atomic E-state index is 0.0706. The van der Waals surface area contributed by atoms with Gasteiger partial charge in [-0.25, -0.2) is 0 Å². The monoisotopic (exact) mass is 156 g/mol. The first-order chi connectivity index (χ1) is 5.04. The number of rotatable bonds is 0. The van der Waals surface area contributed by atoms with Crippen LogP contribution in [0, 0.1) is 11.8 Å². The zero-order chi connectivity index (χ0) is 8.59. The van der Waals surface area contributed by atoms with E-state index in [-0.39, 0.29) is 24.0 Å². The maximum absolute atomic E-state index is 11.5. The summed E-state index contributed by atoms with van der Waals surface area (Å²) in [5.41, 5.74) is 0. The number of carbonyl (C=O) groups is 1. The summed E-state index contributed by atoms with van der Waals surface area (Å²) in [6.07, 6.45) is 0.183. The maximum Gasteiger partial charge on any atom is 0.143 e. The van der Waals surface area contributed by atoms with Gasteiger partial charge < -0.3 is 4.74 Å². The van der Waals surface area contributed by atoms with Crippen molar-refractivity contribution < 1.29 is 9.53 Å². The Hall–Kier alpha value is -0.370. The number of ketones is 1. The Bertz CT molecular complexity index is 149. The van der Waals surface area contributed by atoms with E-state index in [4.69, 9.17) is 4.74 Å². The van der Waals surface area contributed by atoms with E-state index in [2.05, 4.69) is 0 Å². The van der Waals surface area contributed by atoms with Crippen molar-refractivity contribution in [2.24, 2.45) is 11.8 Å². The summed E-state index contributed by atoms with van der Waals surface area (Å²) in [5.74, 6) is 0.485. The summed E-state index contributed by atoms with van der Waals surface area (Å²) in [6, 6.07) is 0. The zero-order valence-electron chi connectivity index (χ0n) is 7.63. The first-order valence-corrected chi connectivity index (χ1v) is 4.23. The summed E-state index contributed by atoms with van der Waals surface area (Å²) in [4.78, 5) is 11.5. The van der Waals surface area contributed by atoms with Gasteiger partial charge in [-0.2, -0.15) is 0 Å². The second-order valence-electron chi connectivity index (χ2n) is 3.53. The first-order valence-electron chi connectivity index (χ1n) is 4.23. The Balaban J connectivity index is 2.71. The Morgan fingerprint density at radius 2 is 1.36 bits per heavy atom. The van der Waals surface area contributed by atoms with Crippen molar-refractivity contribution in [1.82, 2.24) is 0 Å². The number of ether oxygens (including phenoxy) is 1. The van der Waals surface area contributed by atoms with Crippen LogP contribution in [0.2, 0.25) is 0 Å². The van der Waals surface area contributed by atoms with Gasteiger partial charge in [0.25, 0.3) is 0 Å². The van der Waals surface area contributed by atoms with Gasteiger partial charge in [0.1, 0.15) is 5.78 Å². The molecule has 0 aromatic carbocycles. The fourth-order valence-corrected chi connectivity index (χ4v) is 1.45. The Morgan fingerprint density at radius 1 is 1.00 bits per heavy atom. The molecular weight excluding hydrogens is 140 g/mol. The molecule has 0 radical (unpaired) electrons. The van der Waals surface area contributed by atoms with Crippen LogP contribution in [0.5, 0.6) is 0 Å². The third kappa shape index (κ3) is 1.45. The molecule has 4 unspecified atom stereocenters. The molecule has 2 heteroatoms. The molecular formula is C9H16O2. The molecule has 0 aromatic rings. The van der Waals surface area contributed by atoms with Crippen molar-refractivity contribution in [2.45, 2.75) is 39.9 Å². The summed E-state index contributed by atoms with van der Waals surface area (Å²) >= 11 is 0. The fourth-order valence-electron chi connectivity index (χ4n) is 1.45. The number of hydrogen-bond donors (Lipinski definition) is 0. The molecule has 1 aliphatic heterocycles. The second-order valence-corrected chi connectivity index (χ2v) is 3.53. The van der Waals surface area contributed by atoms with E-state index in [1.807, 2.05) is 27.7 Å². The quantitative estimate of drug-likeness (QED) is 0.533. The van der Waals surface area contributed by atoms with Gasteiger partial charge in [0.05, 0.1) is 12.2 Å². The van der Waals surface area contributed by atoms with Gasteiger partial charge in [-0.1, -0.05) is 13.8 Å². The highest BCUT2D eigenvalue weighted by molar-refractivity contribution is 5.84. The van der Waals surface area contributed by atoms with Crippen LogP contribution in [-0.2, 0) is 9.53 Å². The lowest BCUT2D eigenvalue weighted by atomic mass is 9.85. The van der Waals surface area contributed by atoms with Crippen molar-refractivity contribution in [1.29, 1.82) is 0 Å². The highest BCUT2D eigenvalue weighted by Crippen LogP contribution is 2.25. The lowest BCUT2D eigenvalue weighted by molar-refractivity contribution is -0.150. The zero-order valence-corrected chi connectivity index (χ0v) is 7.63. The van der Waals surface area contributed by atoms with Crippen LogP contribution < -0.4 is 0 Å². The maximum atomic E-state index is 11.5. The summed E-state index contributed by atoms with van der Waals surface area (Å²) in [6.45, 7) is 7.81. The predicted molar refractivity (Wildman–Crippen MR) is 43.3 cm³/mol. The molecule has 0 N–H and O–H groups in total. The average Bonchev–Trinajstić information content (AvgIpc) is 1.97. The van der Waals surface area contributed by atoms with Gasteiger partial charge in [-0.05, 0) is 13.8 Å². The van der Waals surface area contributed by atoms with Crippen LogP contribution in [0.4, 0.5) is 0 Å². The van der Waals surface area contributed by atoms with Crippen LogP contribution in [0.15, 0.2) is 0 Å². The normalized spacial score (nSPS) is 46.0. The minimum Gasteiger partial charge on any atom is -0.374 e. The Labute approximate surface area is 67.9 Å². The lowest BCUT2D eigenvalue weighted by Gasteiger charge is -2.34. The van der Waals surface area contributed by atoms with Crippen LogP contribution in [0.1, 0.15) is 27.7 Å². The third-order valence-electron chi connectivity index (χ3n) is 2.74. The molecule has 2 nitrogen and oxygen atoms in total. The first kappa shape index (κ1) is 8.72. The molecule has 11 heavy (non-hydrogen) atoms. The molecule has 0 spiro atoms. The van der Waals surface area contributed by atoms with Gasteiger partial charge in [0.2, 0.25) is 0 Å². The topological polar surface area (TPSA) is 26.3 Å². The standard InChI is InChI=1S/C9H16O2/c1-5-7(3)11-8(4)6(2)9(5)10/h5-8H,1-4H3. The van der Waals surface area contributed by atoms with E-state index in [1.165, 1.54) is 0 Å². The average molecular weight is 156 g/mol. The second kappa shape index (κ2) is 2.94. The molecule has 1 rings (SSSR count). The molecule has 4 atom stereocenters. The van der Waals surface area contributed by atoms with Crippen LogP contribution in [-0.4, -0.2) is 18.0 Å². The van der Waals surface area contributed by atoms with Crippen LogP contribution >= 0.6 is 0 Å². The van der Waals surface area contributed by atoms with Crippen LogP contribution in [0.25, 0.3) is 0 Å². The van der Waals surface area contributed by atoms with E-state index in [0.717, 1.165) is 0 Å². The van der Waals surface area contributed by atoms with Gasteiger partial charge in [-0.15, -0.1) is 0 Å². The molecule has 0 aliphatic carbocycles. The van der Waals surface area contributed by atoms with Gasteiger partial charge >= 0.3 is 0 Å². The third-order valence-corrected chi connectivity index (χ3v) is 2.74. The minimum absolute atomic E-state index is 0.0706. The fraction of sp³-hybridized carbons (Fsp3) is 0.889. The summed E-state index contributed by atoms with van der Waals surface area (Å²) in [5, 5.41) is 0. The lowest BCUT2D eigenvalue weighted by Crippen LogP contribution is -2.43. The summed E-state index contributed by atoms with van der Waals surface area (Å²) < 4.78 is 5.56. The smallest absolute Gasteiger partial charge is 0.143 e. The molecule has 0 aromatic heterocycles. The van der Waals surface area contributed by atoms with E-state index < -0.39 is 0 Å². The van der Waals surface area contributed by atoms with Crippen molar-refractivity contribution in [3.63, 3.8) is 0 Å². The van der Waals surface area contributed by atoms with E-state index in [1.54, 1.807) is 0 Å². The van der Waals surface area contributed by atoms with Gasteiger partial charge in [0.15, 0.2) is 0 Å². The molecule has 0 bridgehead atoms. The Kier molecular flexibility index (Phi) is 2.33. The van der Waals surface area contributed by atoms with E-state index in [9.17, 15) is 4.79 Å². The molecule has 1 heterocycles. The van der Waals surface area contributed by atoms with E-state index >= 15 is 0 Å². The highest BCUT2D eigenvalue weighted by Gasteiger charge is 2.35. The molecule has 0 saturated carbocycles. The van der Waals surface area contributed by atoms with E-state index in [0.29, 0.717) is 5.78 Å². The number of carbonyl (C=O) groups excluding carboxylic acids is 1. The molecule has 0 amide bonds. The molecule has 1 aliphatic rings. The molecule has 64 valence electrons. The molecule has 1 fully saturated rings. The van der Waals surface area contributed by atoms with Gasteiger partial charge in [0, 0.05) is 11.8 Å². The highest BCUT2D eigenvalue weighted by atomic mass is 16.5. The Morgan fingerprint density at radius 3 is 1.73 bits per heavy atom. The van der Waals surface area contributed by atoms with Gasteiger partial charge in [-0.3, -0.25) is 4.79 Å². The van der Waals surface area contributed by atoms with Crippen molar-refractivity contribution in [3.05, 3.63) is 0 Å². The SMILES string of the molecule is CC1OC(C)C(C)C(=O)C1C. The van der Waals surface area contributed by atoms with Crippen LogP contribution in [0.3, 0.4) is 0 Å². The van der Waals surface area contributed by atoms with Crippen molar-refractivity contribution in [3.8, 4) is 0 Å². The molecule has 1 saturated heterocycles. The largest absolute Gasteiger partial charge is 0.374 e. The number of Topliss-reactive ketones (excluding diaryl/α,β-unsaturated/α-hetero) is 1. The summed E-state index contributed by atoms with van der Waals surface area (Å²) in [7, 11) is 0. The van der Waals surface area contributed by atoms with Crippen molar-refractivity contribution >= 4 is 5.78 Å². The number of hydrogen-bond acceptors (Lipinski definition) is 2.